The number of ether oxygens (including phenoxy) is 1. The van der Waals surface area contributed by atoms with Crippen molar-refractivity contribution in [3.63, 3.8) is 0 Å². The minimum Gasteiger partial charge on any atom is -0.371 e. The Morgan fingerprint density at radius 2 is 2.43 bits per heavy atom. The third-order valence-corrected chi connectivity index (χ3v) is 2.11. The van der Waals surface area contributed by atoms with Crippen LogP contribution >= 0.6 is 0 Å². The summed E-state index contributed by atoms with van der Waals surface area (Å²) in [5, 5.41) is 9.45. The zero-order valence-corrected chi connectivity index (χ0v) is 8.48. The lowest BCUT2D eigenvalue weighted by Gasteiger charge is -2.31. The van der Waals surface area contributed by atoms with Crippen molar-refractivity contribution >= 4 is 5.91 Å². The number of rotatable bonds is 4. The summed E-state index contributed by atoms with van der Waals surface area (Å²) in [6.07, 6.45) is 5.09. The number of aliphatic hydroxyl groups excluding tert-OH is 1. The lowest BCUT2D eigenvalue weighted by Crippen LogP contribution is -2.49. The van der Waals surface area contributed by atoms with Gasteiger partial charge in [-0.05, 0) is 12.8 Å². The van der Waals surface area contributed by atoms with Crippen LogP contribution < -0.4 is 0 Å². The molecular formula is C10H17NO3. The Kier molecular flexibility index (Phi) is 4.62. The van der Waals surface area contributed by atoms with E-state index in [0.717, 1.165) is 12.8 Å². The Hall–Kier alpha value is -0.870. The summed E-state index contributed by atoms with van der Waals surface area (Å²) < 4.78 is 4.89. The molecule has 14 heavy (non-hydrogen) atoms. The highest BCUT2D eigenvalue weighted by Gasteiger charge is 2.25. The van der Waals surface area contributed by atoms with Gasteiger partial charge >= 0.3 is 0 Å². The number of amides is 1. The molecule has 1 unspecified atom stereocenters. The van der Waals surface area contributed by atoms with Gasteiger partial charge in [-0.1, -0.05) is 19.1 Å². The van der Waals surface area contributed by atoms with E-state index < -0.39 is 6.23 Å². The second kappa shape index (κ2) is 5.78. The van der Waals surface area contributed by atoms with Crippen LogP contribution in [0.5, 0.6) is 0 Å². The fourth-order valence-corrected chi connectivity index (χ4v) is 1.36. The quantitative estimate of drug-likeness (QED) is 0.671. The van der Waals surface area contributed by atoms with Gasteiger partial charge in [0.1, 0.15) is 6.61 Å². The first-order valence-electron chi connectivity index (χ1n) is 4.96. The van der Waals surface area contributed by atoms with E-state index in [0.29, 0.717) is 6.54 Å². The normalized spacial score (nSPS) is 23.4. The first-order chi connectivity index (χ1) is 6.75. The standard InChI is InChI=1S/C10H17NO3/c1-2-3-4-5-6-11-9(12)7-14-8-10(11)13/h3-4,9,12H,2,5-8H2,1H3/b4-3-. The maximum Gasteiger partial charge on any atom is 0.250 e. The zero-order valence-electron chi connectivity index (χ0n) is 8.48. The van der Waals surface area contributed by atoms with E-state index in [9.17, 15) is 9.90 Å². The number of hydrogen-bond acceptors (Lipinski definition) is 3. The zero-order chi connectivity index (χ0) is 10.4. The highest BCUT2D eigenvalue weighted by Crippen LogP contribution is 2.06. The molecule has 1 N–H and O–H groups in total. The molecular weight excluding hydrogens is 182 g/mol. The summed E-state index contributed by atoms with van der Waals surface area (Å²) in [4.78, 5) is 12.7. The molecule has 1 aliphatic heterocycles. The largest absolute Gasteiger partial charge is 0.371 e. The fourth-order valence-electron chi connectivity index (χ4n) is 1.36. The molecule has 4 nitrogen and oxygen atoms in total. The predicted octanol–water partition coefficient (Wildman–Crippen LogP) is 0.520. The van der Waals surface area contributed by atoms with Crippen molar-refractivity contribution < 1.29 is 14.6 Å². The molecule has 1 amide bonds. The van der Waals surface area contributed by atoms with Crippen LogP contribution in [-0.2, 0) is 9.53 Å². The minimum atomic E-state index is -0.772. The van der Waals surface area contributed by atoms with Crippen LogP contribution in [0.25, 0.3) is 0 Å². The molecule has 0 aromatic rings. The Bertz CT molecular complexity index is 215. The Morgan fingerprint density at radius 1 is 1.64 bits per heavy atom. The van der Waals surface area contributed by atoms with Crippen molar-refractivity contribution in [1.29, 1.82) is 0 Å². The topological polar surface area (TPSA) is 49.8 Å². The van der Waals surface area contributed by atoms with Crippen LogP contribution in [0.1, 0.15) is 19.8 Å². The van der Waals surface area contributed by atoms with Gasteiger partial charge < -0.3 is 14.7 Å². The van der Waals surface area contributed by atoms with Gasteiger partial charge in [-0.2, -0.15) is 0 Å². The molecule has 1 heterocycles. The number of nitrogens with zero attached hydrogens (tertiary/aromatic N) is 1. The van der Waals surface area contributed by atoms with Gasteiger partial charge in [0.15, 0.2) is 6.23 Å². The van der Waals surface area contributed by atoms with E-state index in [2.05, 4.69) is 13.0 Å². The smallest absolute Gasteiger partial charge is 0.250 e. The maximum atomic E-state index is 11.3. The maximum absolute atomic E-state index is 11.3. The van der Waals surface area contributed by atoms with E-state index >= 15 is 0 Å². The lowest BCUT2D eigenvalue weighted by atomic mass is 10.3. The molecule has 0 spiro atoms. The molecule has 1 atom stereocenters. The summed E-state index contributed by atoms with van der Waals surface area (Å²) in [5.74, 6) is -0.131. The van der Waals surface area contributed by atoms with Crippen molar-refractivity contribution in [2.45, 2.75) is 26.0 Å². The van der Waals surface area contributed by atoms with Gasteiger partial charge in [-0.25, -0.2) is 0 Å². The average Bonchev–Trinajstić information content (AvgIpc) is 2.16. The van der Waals surface area contributed by atoms with Crippen molar-refractivity contribution in [3.8, 4) is 0 Å². The van der Waals surface area contributed by atoms with Crippen LogP contribution in [0.4, 0.5) is 0 Å². The average molecular weight is 199 g/mol. The molecule has 0 radical (unpaired) electrons. The van der Waals surface area contributed by atoms with Crippen LogP contribution in [-0.4, -0.2) is 41.9 Å². The number of carbonyl (C=O) groups is 1. The highest BCUT2D eigenvalue weighted by molar-refractivity contribution is 5.78. The molecule has 1 saturated heterocycles. The second-order valence-electron chi connectivity index (χ2n) is 3.25. The monoisotopic (exact) mass is 199 g/mol. The van der Waals surface area contributed by atoms with Gasteiger partial charge in [0.25, 0.3) is 5.91 Å². The molecule has 0 saturated carbocycles. The molecule has 0 aliphatic carbocycles. The number of allylic oxidation sites excluding steroid dienone is 1. The van der Waals surface area contributed by atoms with Gasteiger partial charge in [0.2, 0.25) is 0 Å². The van der Waals surface area contributed by atoms with Gasteiger partial charge in [0, 0.05) is 6.54 Å². The molecule has 0 aromatic carbocycles. The summed E-state index contributed by atoms with van der Waals surface area (Å²) in [5.41, 5.74) is 0. The summed E-state index contributed by atoms with van der Waals surface area (Å²) in [7, 11) is 0. The van der Waals surface area contributed by atoms with Crippen molar-refractivity contribution in [1.82, 2.24) is 4.90 Å². The summed E-state index contributed by atoms with van der Waals surface area (Å²) >= 11 is 0. The fraction of sp³-hybridized carbons (Fsp3) is 0.700. The Balaban J connectivity index is 2.33. The predicted molar refractivity (Wildman–Crippen MR) is 52.6 cm³/mol. The third-order valence-electron chi connectivity index (χ3n) is 2.11. The molecule has 1 rings (SSSR count). The van der Waals surface area contributed by atoms with Crippen LogP contribution in [0.3, 0.4) is 0 Å². The van der Waals surface area contributed by atoms with Crippen LogP contribution in [0.2, 0.25) is 0 Å². The van der Waals surface area contributed by atoms with E-state index in [-0.39, 0.29) is 19.1 Å². The van der Waals surface area contributed by atoms with Crippen LogP contribution in [0.15, 0.2) is 12.2 Å². The number of hydrogen-bond donors (Lipinski definition) is 1. The van der Waals surface area contributed by atoms with E-state index in [1.54, 1.807) is 0 Å². The first-order valence-corrected chi connectivity index (χ1v) is 4.96. The van der Waals surface area contributed by atoms with E-state index in [1.165, 1.54) is 4.90 Å². The van der Waals surface area contributed by atoms with Crippen molar-refractivity contribution in [3.05, 3.63) is 12.2 Å². The lowest BCUT2D eigenvalue weighted by molar-refractivity contribution is -0.164. The molecule has 0 bridgehead atoms. The third kappa shape index (κ3) is 3.12. The highest BCUT2D eigenvalue weighted by atomic mass is 16.5. The van der Waals surface area contributed by atoms with Crippen molar-refractivity contribution in [2.24, 2.45) is 0 Å². The van der Waals surface area contributed by atoms with Gasteiger partial charge in [0.05, 0.1) is 6.61 Å². The summed E-state index contributed by atoms with van der Waals surface area (Å²) in [6, 6.07) is 0. The Morgan fingerprint density at radius 3 is 3.07 bits per heavy atom. The first kappa shape index (κ1) is 11.2. The van der Waals surface area contributed by atoms with Crippen molar-refractivity contribution in [2.75, 3.05) is 19.8 Å². The van der Waals surface area contributed by atoms with E-state index in [1.807, 2.05) is 6.08 Å². The molecule has 4 heteroatoms. The van der Waals surface area contributed by atoms with E-state index in [4.69, 9.17) is 4.74 Å². The van der Waals surface area contributed by atoms with Gasteiger partial charge in [-0.15, -0.1) is 0 Å². The molecule has 0 aromatic heterocycles. The SMILES string of the molecule is CC/C=C\CCN1C(=O)COCC1O. The number of carbonyl (C=O) groups excluding carboxylic acids is 1. The number of morpholine rings is 1. The second-order valence-corrected chi connectivity index (χ2v) is 3.25. The molecule has 1 fully saturated rings. The molecule has 1 aliphatic rings. The van der Waals surface area contributed by atoms with Gasteiger partial charge in [-0.3, -0.25) is 4.79 Å². The molecule has 80 valence electrons. The van der Waals surface area contributed by atoms with Crippen LogP contribution in [0, 0.1) is 0 Å². The Labute approximate surface area is 84.2 Å². The summed E-state index contributed by atoms with van der Waals surface area (Å²) in [6.45, 7) is 2.95. The number of aliphatic hydroxyl groups is 1. The minimum absolute atomic E-state index is 0.0918.